The predicted octanol–water partition coefficient (Wildman–Crippen LogP) is 7.15. The minimum absolute atomic E-state index is 1.22. The number of para-hydroxylation sites is 2. The topological polar surface area (TPSA) is 9.86 Å². The van der Waals surface area contributed by atoms with Gasteiger partial charge in [-0.05, 0) is 47.5 Å². The summed E-state index contributed by atoms with van der Waals surface area (Å²) in [6.45, 7) is 0. The third-order valence-corrected chi connectivity index (χ3v) is 6.34. The Labute approximate surface area is 175 Å². The van der Waals surface area contributed by atoms with Crippen LogP contribution in [-0.4, -0.2) is 9.13 Å². The van der Waals surface area contributed by atoms with Crippen LogP contribution in [0.15, 0.2) is 84.9 Å². The molecule has 0 aliphatic rings. The van der Waals surface area contributed by atoms with Gasteiger partial charge in [-0.1, -0.05) is 60.7 Å². The van der Waals surface area contributed by atoms with Crippen molar-refractivity contribution in [2.75, 3.05) is 0 Å². The maximum Gasteiger partial charge on any atom is 0.0489 e. The molecular formula is C28H22N2. The second-order valence-electron chi connectivity index (χ2n) is 8.04. The van der Waals surface area contributed by atoms with Gasteiger partial charge in [-0.25, -0.2) is 0 Å². The molecule has 2 heterocycles. The molecule has 0 saturated heterocycles. The zero-order chi connectivity index (χ0) is 20.2. The monoisotopic (exact) mass is 386 g/mol. The van der Waals surface area contributed by atoms with Crippen LogP contribution in [0, 0.1) is 0 Å². The van der Waals surface area contributed by atoms with Crippen LogP contribution in [-0.2, 0) is 14.1 Å². The summed E-state index contributed by atoms with van der Waals surface area (Å²) in [4.78, 5) is 0. The summed E-state index contributed by atoms with van der Waals surface area (Å²) < 4.78 is 4.54. The van der Waals surface area contributed by atoms with Crippen molar-refractivity contribution in [2.45, 2.75) is 0 Å². The number of nitrogens with zero attached hydrogens (tertiary/aromatic N) is 2. The molecule has 6 rings (SSSR count). The molecule has 0 aliphatic heterocycles. The molecule has 0 spiro atoms. The third kappa shape index (κ3) is 2.44. The van der Waals surface area contributed by atoms with Crippen LogP contribution in [0.1, 0.15) is 11.1 Å². The van der Waals surface area contributed by atoms with Crippen LogP contribution in [0.3, 0.4) is 0 Å². The van der Waals surface area contributed by atoms with Gasteiger partial charge < -0.3 is 9.13 Å². The summed E-state index contributed by atoms with van der Waals surface area (Å²) in [6.07, 6.45) is 4.43. The van der Waals surface area contributed by atoms with Crippen LogP contribution in [0.4, 0.5) is 0 Å². The van der Waals surface area contributed by atoms with Gasteiger partial charge in [0, 0.05) is 57.7 Å². The number of fused-ring (bicyclic) bond motifs is 6. The molecule has 0 unspecified atom stereocenters. The van der Waals surface area contributed by atoms with E-state index in [9.17, 15) is 0 Å². The minimum atomic E-state index is 1.22. The van der Waals surface area contributed by atoms with Crippen LogP contribution in [0.25, 0.3) is 55.8 Å². The van der Waals surface area contributed by atoms with Gasteiger partial charge in [-0.2, -0.15) is 0 Å². The highest BCUT2D eigenvalue weighted by Gasteiger charge is 2.08. The lowest BCUT2D eigenvalue weighted by molar-refractivity contribution is 1.01. The summed E-state index contributed by atoms with van der Waals surface area (Å²) in [5.41, 5.74) is 7.52. The van der Waals surface area contributed by atoms with E-state index in [2.05, 4.69) is 120 Å². The summed E-state index contributed by atoms with van der Waals surface area (Å²) in [5, 5.41) is 5.23. The molecule has 0 N–H and O–H groups in total. The van der Waals surface area contributed by atoms with Gasteiger partial charge in [0.2, 0.25) is 0 Å². The molecule has 0 radical (unpaired) electrons. The Hall–Kier alpha value is -3.78. The molecule has 2 aromatic heterocycles. The largest absolute Gasteiger partial charge is 0.344 e. The van der Waals surface area contributed by atoms with Crippen molar-refractivity contribution < 1.29 is 0 Å². The van der Waals surface area contributed by atoms with Crippen LogP contribution in [0.5, 0.6) is 0 Å². The number of aryl methyl sites for hydroxylation is 2. The van der Waals surface area contributed by atoms with Crippen molar-refractivity contribution in [3.05, 3.63) is 96.1 Å². The molecule has 30 heavy (non-hydrogen) atoms. The van der Waals surface area contributed by atoms with Crippen molar-refractivity contribution in [3.8, 4) is 0 Å². The summed E-state index contributed by atoms with van der Waals surface area (Å²) in [5.74, 6) is 0. The van der Waals surface area contributed by atoms with E-state index < -0.39 is 0 Å². The number of hydrogen-bond donors (Lipinski definition) is 0. The summed E-state index contributed by atoms with van der Waals surface area (Å²) in [7, 11) is 4.28. The van der Waals surface area contributed by atoms with E-state index in [0.29, 0.717) is 0 Å². The maximum atomic E-state index is 2.30. The number of aromatic nitrogens is 2. The maximum absolute atomic E-state index is 2.30. The number of benzene rings is 4. The van der Waals surface area contributed by atoms with Crippen molar-refractivity contribution >= 4 is 55.8 Å². The number of hydrogen-bond acceptors (Lipinski definition) is 0. The third-order valence-electron chi connectivity index (χ3n) is 6.34. The van der Waals surface area contributed by atoms with Crippen LogP contribution < -0.4 is 0 Å². The van der Waals surface area contributed by atoms with E-state index in [1.54, 1.807) is 0 Å². The van der Waals surface area contributed by atoms with Gasteiger partial charge in [0.25, 0.3) is 0 Å². The van der Waals surface area contributed by atoms with E-state index >= 15 is 0 Å². The highest BCUT2D eigenvalue weighted by molar-refractivity contribution is 6.10. The predicted molar refractivity (Wildman–Crippen MR) is 130 cm³/mol. The Morgan fingerprint density at radius 2 is 0.867 bits per heavy atom. The average Bonchev–Trinajstić information content (AvgIpc) is 3.24. The highest BCUT2D eigenvalue weighted by atomic mass is 14.9. The molecule has 0 bridgehead atoms. The Morgan fingerprint density at radius 3 is 1.33 bits per heavy atom. The number of rotatable bonds is 2. The Bertz CT molecular complexity index is 1490. The fourth-order valence-electron chi connectivity index (χ4n) is 4.77. The van der Waals surface area contributed by atoms with Gasteiger partial charge in [-0.3, -0.25) is 0 Å². The fraction of sp³-hybridized carbons (Fsp3) is 0.0714. The van der Waals surface area contributed by atoms with Crippen molar-refractivity contribution in [1.82, 2.24) is 9.13 Å². The Kier molecular flexibility index (Phi) is 3.63. The first kappa shape index (κ1) is 17.1. The first-order valence-electron chi connectivity index (χ1n) is 10.3. The van der Waals surface area contributed by atoms with Crippen molar-refractivity contribution in [3.63, 3.8) is 0 Å². The zero-order valence-electron chi connectivity index (χ0n) is 17.1. The van der Waals surface area contributed by atoms with Gasteiger partial charge in [0.1, 0.15) is 0 Å². The van der Waals surface area contributed by atoms with E-state index in [0.717, 1.165) is 0 Å². The lowest BCUT2D eigenvalue weighted by Gasteiger charge is -2.00. The molecule has 0 atom stereocenters. The van der Waals surface area contributed by atoms with E-state index in [1.807, 2.05) is 0 Å². The fourth-order valence-corrected chi connectivity index (χ4v) is 4.77. The standard InChI is InChI=1S/C28H22N2/c1-29-25-9-5-3-7-21(25)23-17-19(13-15-27(23)29)11-12-20-14-16-28-24(18-20)22-8-4-6-10-26(22)30(28)2/h3-18H,1-2H3/b12-11+. The first-order valence-corrected chi connectivity index (χ1v) is 10.3. The second-order valence-corrected chi connectivity index (χ2v) is 8.04. The van der Waals surface area contributed by atoms with Crippen molar-refractivity contribution in [2.24, 2.45) is 14.1 Å². The molecule has 2 heteroatoms. The average molecular weight is 386 g/mol. The SMILES string of the molecule is Cn1c2ccccc2c2cc(/C=C/c3ccc4c(c3)c3ccccc3n4C)ccc21. The first-order chi connectivity index (χ1) is 14.7. The summed E-state index contributed by atoms with van der Waals surface area (Å²) >= 11 is 0. The lowest BCUT2D eigenvalue weighted by Crippen LogP contribution is -1.86. The smallest absolute Gasteiger partial charge is 0.0489 e. The minimum Gasteiger partial charge on any atom is -0.344 e. The molecule has 0 fully saturated rings. The molecule has 144 valence electrons. The zero-order valence-corrected chi connectivity index (χ0v) is 17.1. The molecule has 0 aliphatic carbocycles. The highest BCUT2D eigenvalue weighted by Crippen LogP contribution is 2.31. The van der Waals surface area contributed by atoms with Gasteiger partial charge >= 0.3 is 0 Å². The van der Waals surface area contributed by atoms with E-state index in [1.165, 1.54) is 54.7 Å². The van der Waals surface area contributed by atoms with Crippen LogP contribution in [0.2, 0.25) is 0 Å². The lowest BCUT2D eigenvalue weighted by atomic mass is 10.1. The molecule has 2 nitrogen and oxygen atoms in total. The quantitative estimate of drug-likeness (QED) is 0.280. The van der Waals surface area contributed by atoms with Gasteiger partial charge in [0.05, 0.1) is 0 Å². The molecule has 0 saturated carbocycles. The van der Waals surface area contributed by atoms with Gasteiger partial charge in [-0.15, -0.1) is 0 Å². The van der Waals surface area contributed by atoms with Crippen LogP contribution >= 0.6 is 0 Å². The molecule has 6 aromatic rings. The van der Waals surface area contributed by atoms with E-state index in [-0.39, 0.29) is 0 Å². The summed E-state index contributed by atoms with van der Waals surface area (Å²) in [6, 6.07) is 30.7. The van der Waals surface area contributed by atoms with Crippen molar-refractivity contribution in [1.29, 1.82) is 0 Å². The van der Waals surface area contributed by atoms with E-state index in [4.69, 9.17) is 0 Å². The Balaban J connectivity index is 1.45. The molecular weight excluding hydrogens is 364 g/mol. The molecule has 0 amide bonds. The van der Waals surface area contributed by atoms with Gasteiger partial charge in [0.15, 0.2) is 0 Å². The Morgan fingerprint density at radius 1 is 0.467 bits per heavy atom. The normalized spacial score (nSPS) is 12.2. The second kappa shape index (κ2) is 6.36. The molecule has 4 aromatic carbocycles.